The molecule has 3 heteroatoms. The van der Waals surface area contributed by atoms with E-state index in [1.807, 2.05) is 13.8 Å². The molecule has 0 spiro atoms. The number of hydrazone groups is 1. The summed E-state index contributed by atoms with van der Waals surface area (Å²) in [5.41, 5.74) is 4.18. The Morgan fingerprint density at radius 3 is 2.00 bits per heavy atom. The highest BCUT2D eigenvalue weighted by Gasteiger charge is 2.22. The minimum atomic E-state index is -0.0548. The van der Waals surface area contributed by atoms with E-state index in [-0.39, 0.29) is 5.66 Å². The van der Waals surface area contributed by atoms with Crippen molar-refractivity contribution in [3.8, 4) is 0 Å². The standard InChI is InChI=1S/C10H23N3/c1-7-13(8-2)10(5,6)12-11-9(3)4/h12H,7-8H2,1-6H3. The summed E-state index contributed by atoms with van der Waals surface area (Å²) in [4.78, 5) is 2.33. The smallest absolute Gasteiger partial charge is 0.101 e. The van der Waals surface area contributed by atoms with Gasteiger partial charge in [-0.25, -0.2) is 0 Å². The second-order valence-electron chi connectivity index (χ2n) is 3.90. The first-order valence-electron chi connectivity index (χ1n) is 4.97. The Bertz CT molecular complexity index is 165. The predicted octanol–water partition coefficient (Wildman–Crippen LogP) is 2.05. The van der Waals surface area contributed by atoms with E-state index in [1.54, 1.807) is 0 Å². The molecule has 0 saturated heterocycles. The molecule has 0 amide bonds. The number of nitrogens with one attached hydrogen (secondary N) is 1. The van der Waals surface area contributed by atoms with Gasteiger partial charge in [0.1, 0.15) is 5.66 Å². The summed E-state index contributed by atoms with van der Waals surface area (Å²) in [5, 5.41) is 4.24. The average molecular weight is 185 g/mol. The van der Waals surface area contributed by atoms with Crippen molar-refractivity contribution in [2.45, 2.75) is 47.2 Å². The van der Waals surface area contributed by atoms with Crippen molar-refractivity contribution in [1.29, 1.82) is 0 Å². The fraction of sp³-hybridized carbons (Fsp3) is 0.900. The summed E-state index contributed by atoms with van der Waals surface area (Å²) in [5.74, 6) is 0. The van der Waals surface area contributed by atoms with E-state index < -0.39 is 0 Å². The molecular formula is C10H23N3. The van der Waals surface area contributed by atoms with Crippen LogP contribution in [0.15, 0.2) is 5.10 Å². The van der Waals surface area contributed by atoms with Crippen LogP contribution in [0.3, 0.4) is 0 Å². The molecule has 0 saturated carbocycles. The predicted molar refractivity (Wildman–Crippen MR) is 58.9 cm³/mol. The number of rotatable bonds is 5. The van der Waals surface area contributed by atoms with Gasteiger partial charge in [0.25, 0.3) is 0 Å². The van der Waals surface area contributed by atoms with E-state index >= 15 is 0 Å². The van der Waals surface area contributed by atoms with Gasteiger partial charge in [-0.2, -0.15) is 5.10 Å². The van der Waals surface area contributed by atoms with Gasteiger partial charge in [0.15, 0.2) is 0 Å². The van der Waals surface area contributed by atoms with Gasteiger partial charge in [-0.15, -0.1) is 0 Å². The van der Waals surface area contributed by atoms with E-state index in [1.165, 1.54) is 0 Å². The Labute approximate surface area is 82.2 Å². The second-order valence-corrected chi connectivity index (χ2v) is 3.90. The fourth-order valence-corrected chi connectivity index (χ4v) is 1.33. The van der Waals surface area contributed by atoms with Crippen LogP contribution in [0.2, 0.25) is 0 Å². The molecule has 0 aromatic rings. The third-order valence-corrected chi connectivity index (χ3v) is 2.11. The van der Waals surface area contributed by atoms with E-state index in [9.17, 15) is 0 Å². The van der Waals surface area contributed by atoms with Crippen LogP contribution >= 0.6 is 0 Å². The molecule has 0 atom stereocenters. The maximum atomic E-state index is 4.24. The lowest BCUT2D eigenvalue weighted by Gasteiger charge is -2.36. The first-order chi connectivity index (χ1) is 5.94. The van der Waals surface area contributed by atoms with Gasteiger partial charge in [0, 0.05) is 5.71 Å². The molecule has 0 fully saturated rings. The van der Waals surface area contributed by atoms with Crippen molar-refractivity contribution in [2.75, 3.05) is 13.1 Å². The normalized spacial score (nSPS) is 11.6. The Morgan fingerprint density at radius 2 is 1.69 bits per heavy atom. The highest BCUT2D eigenvalue weighted by Crippen LogP contribution is 2.09. The van der Waals surface area contributed by atoms with Crippen molar-refractivity contribution in [1.82, 2.24) is 10.3 Å². The minimum absolute atomic E-state index is 0.0548. The summed E-state index contributed by atoms with van der Waals surface area (Å²) in [6.07, 6.45) is 0. The molecule has 0 aromatic carbocycles. The molecule has 0 aliphatic rings. The van der Waals surface area contributed by atoms with Gasteiger partial charge < -0.3 is 0 Å². The molecule has 0 aliphatic carbocycles. The first-order valence-corrected chi connectivity index (χ1v) is 4.97. The zero-order valence-corrected chi connectivity index (χ0v) is 9.81. The summed E-state index contributed by atoms with van der Waals surface area (Å²) in [6.45, 7) is 14.7. The zero-order chi connectivity index (χ0) is 10.5. The van der Waals surface area contributed by atoms with Crippen LogP contribution < -0.4 is 5.43 Å². The summed E-state index contributed by atoms with van der Waals surface area (Å²) < 4.78 is 0. The van der Waals surface area contributed by atoms with Crippen molar-refractivity contribution in [3.05, 3.63) is 0 Å². The molecule has 0 heterocycles. The van der Waals surface area contributed by atoms with Gasteiger partial charge >= 0.3 is 0 Å². The molecule has 0 aromatic heterocycles. The molecule has 13 heavy (non-hydrogen) atoms. The molecule has 0 rings (SSSR count). The molecular weight excluding hydrogens is 162 g/mol. The minimum Gasteiger partial charge on any atom is -0.290 e. The quantitative estimate of drug-likeness (QED) is 0.403. The molecule has 0 bridgehead atoms. The fourth-order valence-electron chi connectivity index (χ4n) is 1.33. The highest BCUT2D eigenvalue weighted by molar-refractivity contribution is 5.78. The van der Waals surface area contributed by atoms with Crippen LogP contribution in [0.4, 0.5) is 0 Å². The molecule has 0 aliphatic heterocycles. The lowest BCUT2D eigenvalue weighted by atomic mass is 10.2. The number of hydrogen-bond donors (Lipinski definition) is 1. The van der Waals surface area contributed by atoms with Crippen LogP contribution in [0.1, 0.15) is 41.5 Å². The van der Waals surface area contributed by atoms with Crippen molar-refractivity contribution in [3.63, 3.8) is 0 Å². The van der Waals surface area contributed by atoms with Crippen molar-refractivity contribution in [2.24, 2.45) is 5.10 Å². The zero-order valence-electron chi connectivity index (χ0n) is 9.81. The van der Waals surface area contributed by atoms with E-state index in [0.29, 0.717) is 0 Å². The largest absolute Gasteiger partial charge is 0.290 e. The van der Waals surface area contributed by atoms with Gasteiger partial charge in [0.05, 0.1) is 0 Å². The highest BCUT2D eigenvalue weighted by atomic mass is 15.4. The molecule has 3 nitrogen and oxygen atoms in total. The molecule has 78 valence electrons. The van der Waals surface area contributed by atoms with Crippen LogP contribution in [-0.4, -0.2) is 29.4 Å². The lowest BCUT2D eigenvalue weighted by Crippen LogP contribution is -2.52. The molecule has 0 radical (unpaired) electrons. The number of nitrogens with zero attached hydrogens (tertiary/aromatic N) is 2. The van der Waals surface area contributed by atoms with Gasteiger partial charge in [-0.3, -0.25) is 10.3 Å². The van der Waals surface area contributed by atoms with Crippen LogP contribution in [-0.2, 0) is 0 Å². The molecule has 0 unspecified atom stereocenters. The number of hydrogen-bond acceptors (Lipinski definition) is 3. The van der Waals surface area contributed by atoms with Crippen LogP contribution in [0.5, 0.6) is 0 Å². The van der Waals surface area contributed by atoms with E-state index in [2.05, 4.69) is 43.1 Å². The topological polar surface area (TPSA) is 27.6 Å². The second kappa shape index (κ2) is 5.22. The third kappa shape index (κ3) is 4.27. The van der Waals surface area contributed by atoms with Crippen LogP contribution in [0.25, 0.3) is 0 Å². The summed E-state index contributed by atoms with van der Waals surface area (Å²) in [6, 6.07) is 0. The summed E-state index contributed by atoms with van der Waals surface area (Å²) in [7, 11) is 0. The van der Waals surface area contributed by atoms with Crippen LogP contribution in [0, 0.1) is 0 Å². The van der Waals surface area contributed by atoms with E-state index in [4.69, 9.17) is 0 Å². The first kappa shape index (κ1) is 12.4. The van der Waals surface area contributed by atoms with Gasteiger partial charge in [-0.1, -0.05) is 13.8 Å². The maximum absolute atomic E-state index is 4.24. The van der Waals surface area contributed by atoms with E-state index in [0.717, 1.165) is 18.8 Å². The monoisotopic (exact) mass is 185 g/mol. The van der Waals surface area contributed by atoms with Crippen molar-refractivity contribution < 1.29 is 0 Å². The Balaban J connectivity index is 4.27. The van der Waals surface area contributed by atoms with Crippen molar-refractivity contribution >= 4 is 5.71 Å². The Hall–Kier alpha value is -0.570. The third-order valence-electron chi connectivity index (χ3n) is 2.11. The van der Waals surface area contributed by atoms with Gasteiger partial charge in [0.2, 0.25) is 0 Å². The Kier molecular flexibility index (Phi) is 4.99. The average Bonchev–Trinajstić information content (AvgIpc) is 2.03. The molecule has 1 N–H and O–H groups in total. The maximum Gasteiger partial charge on any atom is 0.101 e. The SMILES string of the molecule is CCN(CC)C(C)(C)NN=C(C)C. The van der Waals surface area contributed by atoms with Gasteiger partial charge in [-0.05, 0) is 40.8 Å². The lowest BCUT2D eigenvalue weighted by molar-refractivity contribution is 0.101. The Morgan fingerprint density at radius 1 is 1.23 bits per heavy atom. The summed E-state index contributed by atoms with van der Waals surface area (Å²) >= 11 is 0.